The molecule has 312 valence electrons. The second-order valence-corrected chi connectivity index (χ2v) is 16.8. The molecule has 0 unspecified atom stereocenters. The van der Waals surface area contributed by atoms with Crippen molar-refractivity contribution in [1.29, 1.82) is 0 Å². The van der Waals surface area contributed by atoms with Gasteiger partial charge in [0.2, 0.25) is 5.96 Å². The van der Waals surface area contributed by atoms with Crippen molar-refractivity contribution in [2.24, 2.45) is 4.99 Å². The third-order valence-corrected chi connectivity index (χ3v) is 7.75. The van der Waals surface area contributed by atoms with Crippen molar-refractivity contribution in [1.82, 2.24) is 15.5 Å². The molecule has 4 aromatic carbocycles. The fourth-order valence-electron chi connectivity index (χ4n) is 5.54. The molecule has 0 spiro atoms. The summed E-state index contributed by atoms with van der Waals surface area (Å²) < 4.78 is 21.8. The first-order chi connectivity index (χ1) is 27.4. The molecule has 0 saturated carbocycles. The smallest absolute Gasteiger partial charge is 0.414 e. The van der Waals surface area contributed by atoms with Crippen molar-refractivity contribution < 1.29 is 47.7 Å². The minimum absolute atomic E-state index is 0.0336. The zero-order valence-electron chi connectivity index (χ0n) is 35.2. The second-order valence-electron chi connectivity index (χ2n) is 16.8. The number of guanidine groups is 1. The fourth-order valence-corrected chi connectivity index (χ4v) is 5.54. The van der Waals surface area contributed by atoms with Crippen LogP contribution in [0, 0.1) is 0 Å². The van der Waals surface area contributed by atoms with E-state index in [0.717, 1.165) is 11.1 Å². The van der Waals surface area contributed by atoms with Crippen LogP contribution in [-0.2, 0) is 36.8 Å². The summed E-state index contributed by atoms with van der Waals surface area (Å²) in [6, 6.07) is 23.2. The summed E-state index contributed by atoms with van der Waals surface area (Å²) in [5.74, 6) is -1.66. The Labute approximate surface area is 344 Å². The van der Waals surface area contributed by atoms with Crippen LogP contribution in [0.5, 0.6) is 5.75 Å². The molecule has 0 aliphatic heterocycles. The quantitative estimate of drug-likeness (QED) is 0.0521. The molecule has 0 aliphatic carbocycles. The monoisotopic (exact) mass is 808 g/mol. The molecule has 3 amide bonds. The maximum atomic E-state index is 14.2. The van der Waals surface area contributed by atoms with Gasteiger partial charge in [-0.15, -0.1) is 0 Å². The van der Waals surface area contributed by atoms with Crippen LogP contribution in [0.1, 0.15) is 101 Å². The van der Waals surface area contributed by atoms with Crippen molar-refractivity contribution in [2.75, 3.05) is 6.54 Å². The molecule has 14 nitrogen and oxygen atoms in total. The highest BCUT2D eigenvalue weighted by Gasteiger charge is 2.26. The number of nitrogens with one attached hydrogen (secondary N) is 2. The van der Waals surface area contributed by atoms with Crippen LogP contribution in [0.2, 0.25) is 0 Å². The van der Waals surface area contributed by atoms with Crippen molar-refractivity contribution in [3.05, 3.63) is 107 Å². The molecular weight excluding hydrogens is 757 g/mol. The summed E-state index contributed by atoms with van der Waals surface area (Å²) in [7, 11) is 0. The van der Waals surface area contributed by atoms with Crippen LogP contribution < -0.4 is 15.4 Å². The molecule has 0 fully saturated rings. The zero-order chi connectivity index (χ0) is 43.7. The summed E-state index contributed by atoms with van der Waals surface area (Å²) in [5.41, 5.74) is 0.00869. The van der Waals surface area contributed by atoms with E-state index in [2.05, 4.69) is 15.6 Å². The number of hydrogen-bond acceptors (Lipinski definition) is 11. The highest BCUT2D eigenvalue weighted by molar-refractivity contribution is 6.08. The number of nitrogens with zero attached hydrogens (tertiary/aromatic N) is 2. The van der Waals surface area contributed by atoms with Gasteiger partial charge < -0.3 is 23.8 Å². The van der Waals surface area contributed by atoms with Crippen LogP contribution >= 0.6 is 0 Å². The Hall–Kier alpha value is -6.57. The van der Waals surface area contributed by atoms with Crippen LogP contribution in [-0.4, -0.2) is 70.0 Å². The Kier molecular flexibility index (Phi) is 14.4. The lowest BCUT2D eigenvalue weighted by Crippen LogP contribution is -2.47. The predicted molar refractivity (Wildman–Crippen MR) is 223 cm³/mol. The van der Waals surface area contributed by atoms with E-state index >= 15 is 0 Å². The molecule has 0 aromatic heterocycles. The Morgan fingerprint density at radius 1 is 0.661 bits per heavy atom. The van der Waals surface area contributed by atoms with Crippen LogP contribution in [0.4, 0.5) is 15.3 Å². The van der Waals surface area contributed by atoms with Crippen LogP contribution in [0.15, 0.2) is 89.9 Å². The van der Waals surface area contributed by atoms with E-state index in [4.69, 9.17) is 18.9 Å². The van der Waals surface area contributed by atoms with Crippen molar-refractivity contribution in [2.45, 2.75) is 99.0 Å². The summed E-state index contributed by atoms with van der Waals surface area (Å²) in [6.07, 6.45) is -1.42. The topological polar surface area (TPSA) is 179 Å². The third-order valence-electron chi connectivity index (χ3n) is 7.75. The van der Waals surface area contributed by atoms with Crippen LogP contribution in [0.3, 0.4) is 0 Å². The Bertz CT molecular complexity index is 2190. The molecule has 14 heteroatoms. The molecule has 0 radical (unpaired) electrons. The number of fused-ring (bicyclic) bond motifs is 1. The summed E-state index contributed by atoms with van der Waals surface area (Å²) >= 11 is 0. The maximum absolute atomic E-state index is 14.2. The number of rotatable bonds is 10. The number of ketones is 1. The Morgan fingerprint density at radius 2 is 1.22 bits per heavy atom. The number of alkyl carbamates (subject to hydrolysis) is 2. The Balaban J connectivity index is 1.53. The number of Topliss-reactive ketones (excluding diaryl/α,β-unsaturated/α-hetero) is 1. The van der Waals surface area contributed by atoms with Gasteiger partial charge in [0, 0.05) is 18.5 Å². The zero-order valence-corrected chi connectivity index (χ0v) is 35.2. The average molecular weight is 809 g/mol. The lowest BCUT2D eigenvalue weighted by Gasteiger charge is -2.26. The van der Waals surface area contributed by atoms with Crippen molar-refractivity contribution in [3.8, 4) is 5.75 Å². The van der Waals surface area contributed by atoms with Gasteiger partial charge in [-0.2, -0.15) is 0 Å². The number of hydrogen-bond donors (Lipinski definition) is 2. The molecule has 59 heavy (non-hydrogen) atoms. The largest absolute Gasteiger partial charge is 0.459 e. The summed E-state index contributed by atoms with van der Waals surface area (Å²) in [6.45, 7) is 16.7. The highest BCUT2D eigenvalue weighted by atomic mass is 16.6. The van der Waals surface area contributed by atoms with Gasteiger partial charge in [0.25, 0.3) is 5.91 Å². The SMILES string of the molecule is CC(=O)Cc1ccc(CN(CC(=O)OC(C)(C)C)C(=O)c2cccc3cc(OC(=O)c4ccc(N=C(NC(=O)OC(C)(C)C)NC(=O)OC(C)(C)C)cc4)ccc23)cc1. The first-order valence-corrected chi connectivity index (χ1v) is 19.0. The van der Waals surface area contributed by atoms with E-state index in [1.165, 1.54) is 36.1 Å². The minimum Gasteiger partial charge on any atom is -0.459 e. The highest BCUT2D eigenvalue weighted by Crippen LogP contribution is 2.27. The molecule has 4 aromatic rings. The standard InChI is InChI=1S/C45H52N4O10/c1-28(50)24-29-14-16-30(17-15-29)26-49(27-37(51)57-43(2,3)4)38(52)36-13-11-12-32-25-34(22-23-35(32)36)56-39(53)31-18-20-33(21-19-31)46-40(47-41(54)58-44(5,6)7)48-42(55)59-45(8,9)10/h11-23,25H,24,26-27H2,1-10H3,(H2,46,47,48,54,55). The van der Waals surface area contributed by atoms with E-state index in [0.29, 0.717) is 22.8 Å². The van der Waals surface area contributed by atoms with E-state index < -0.39 is 46.8 Å². The molecule has 0 heterocycles. The van der Waals surface area contributed by atoms with Gasteiger partial charge in [-0.3, -0.25) is 25.0 Å². The molecular formula is C45H52N4O10. The van der Waals surface area contributed by atoms with Crippen LogP contribution in [0.25, 0.3) is 10.8 Å². The van der Waals surface area contributed by atoms with Crippen molar-refractivity contribution >= 4 is 58.2 Å². The van der Waals surface area contributed by atoms with Gasteiger partial charge in [-0.25, -0.2) is 19.4 Å². The third kappa shape index (κ3) is 15.0. The average Bonchev–Trinajstić information content (AvgIpc) is 3.09. The number of aliphatic imine (C=N–C) groups is 1. The number of amides is 3. The number of ether oxygens (including phenoxy) is 4. The number of carbonyl (C=O) groups excluding carboxylic acids is 6. The lowest BCUT2D eigenvalue weighted by molar-refractivity contribution is -0.155. The van der Waals surface area contributed by atoms with Gasteiger partial charge in [-0.05, 0) is 140 Å². The van der Waals surface area contributed by atoms with E-state index in [1.54, 1.807) is 98.7 Å². The van der Waals surface area contributed by atoms with Gasteiger partial charge in [0.1, 0.15) is 34.9 Å². The molecule has 2 N–H and O–H groups in total. The van der Waals surface area contributed by atoms with Gasteiger partial charge in [0.05, 0.1) is 11.3 Å². The minimum atomic E-state index is -0.856. The fraction of sp³-hybridized carbons (Fsp3) is 0.356. The second kappa shape index (κ2) is 18.8. The molecule has 0 saturated heterocycles. The molecule has 0 atom stereocenters. The number of esters is 2. The van der Waals surface area contributed by atoms with Gasteiger partial charge in [0.15, 0.2) is 0 Å². The van der Waals surface area contributed by atoms with Crippen molar-refractivity contribution in [3.63, 3.8) is 0 Å². The summed E-state index contributed by atoms with van der Waals surface area (Å²) in [5, 5.41) is 5.99. The van der Waals surface area contributed by atoms with E-state index in [1.807, 2.05) is 24.3 Å². The first kappa shape index (κ1) is 45.1. The van der Waals surface area contributed by atoms with Gasteiger partial charge in [-0.1, -0.05) is 36.4 Å². The molecule has 0 bridgehead atoms. The Morgan fingerprint density at radius 3 is 1.76 bits per heavy atom. The number of carbonyl (C=O) groups is 6. The molecule has 4 rings (SSSR count). The first-order valence-electron chi connectivity index (χ1n) is 19.0. The summed E-state index contributed by atoms with van der Waals surface area (Å²) in [4.78, 5) is 82.6. The normalized spacial score (nSPS) is 11.5. The van der Waals surface area contributed by atoms with E-state index in [-0.39, 0.29) is 41.8 Å². The maximum Gasteiger partial charge on any atom is 0.414 e. The predicted octanol–water partition coefficient (Wildman–Crippen LogP) is 8.21. The lowest BCUT2D eigenvalue weighted by atomic mass is 10.0. The van der Waals surface area contributed by atoms with Gasteiger partial charge >= 0.3 is 24.1 Å². The van der Waals surface area contributed by atoms with E-state index in [9.17, 15) is 28.8 Å². The molecule has 0 aliphatic rings. The number of benzene rings is 4.